The maximum atomic E-state index is 13.0. The Kier molecular flexibility index (Phi) is 3.98. The third-order valence-corrected chi connectivity index (χ3v) is 2.21. The van der Waals surface area contributed by atoms with E-state index in [0.29, 0.717) is 0 Å². The molecule has 1 rings (SSSR count). The van der Waals surface area contributed by atoms with Crippen LogP contribution >= 0.6 is 0 Å². The smallest absolute Gasteiger partial charge is 0.165 e. The van der Waals surface area contributed by atoms with Crippen LogP contribution in [-0.4, -0.2) is 40.3 Å². The number of aliphatic hydroxyl groups is 2. The summed E-state index contributed by atoms with van der Waals surface area (Å²) in [5, 5.41) is 27.3. The average Bonchev–Trinajstić information content (AvgIpc) is 2.31. The highest BCUT2D eigenvalue weighted by molar-refractivity contribution is 5.83. The first kappa shape index (κ1) is 12.6. The highest BCUT2D eigenvalue weighted by Gasteiger charge is 2.20. The minimum absolute atomic E-state index is 0.202. The van der Waals surface area contributed by atoms with E-state index in [1.807, 2.05) is 0 Å². The number of aliphatic imine (C=N–C) groups is 1. The van der Waals surface area contributed by atoms with Crippen molar-refractivity contribution in [2.75, 3.05) is 13.2 Å². The number of nitrogens with zero attached hydrogens (tertiary/aromatic N) is 1. The summed E-state index contributed by atoms with van der Waals surface area (Å²) in [6, 6.07) is 4.05. The number of para-hydroxylation sites is 1. The molecule has 4 nitrogen and oxygen atoms in total. The molecule has 5 heteroatoms. The van der Waals surface area contributed by atoms with Crippen molar-refractivity contribution in [2.24, 2.45) is 4.99 Å². The lowest BCUT2D eigenvalue weighted by Crippen LogP contribution is -2.31. The molecule has 0 aromatic heterocycles. The molecule has 0 heterocycles. The van der Waals surface area contributed by atoms with E-state index in [9.17, 15) is 9.50 Å². The van der Waals surface area contributed by atoms with Gasteiger partial charge in [-0.05, 0) is 19.1 Å². The first-order valence-corrected chi connectivity index (χ1v) is 4.77. The second-order valence-corrected chi connectivity index (χ2v) is 3.75. The van der Waals surface area contributed by atoms with Gasteiger partial charge in [0.1, 0.15) is 5.54 Å². The minimum atomic E-state index is -1.03. The molecule has 3 N–H and O–H groups in total. The number of hydrogen-bond donors (Lipinski definition) is 3. The molecule has 16 heavy (non-hydrogen) atoms. The Balaban J connectivity index is 2.96. The zero-order valence-corrected chi connectivity index (χ0v) is 8.89. The van der Waals surface area contributed by atoms with Gasteiger partial charge in [0.15, 0.2) is 11.6 Å². The van der Waals surface area contributed by atoms with E-state index in [1.54, 1.807) is 6.92 Å². The zero-order valence-electron chi connectivity index (χ0n) is 8.89. The van der Waals surface area contributed by atoms with Gasteiger partial charge in [-0.25, -0.2) is 4.39 Å². The van der Waals surface area contributed by atoms with Gasteiger partial charge in [-0.3, -0.25) is 4.99 Å². The molecule has 0 aliphatic heterocycles. The molecular weight excluding hydrogens is 213 g/mol. The fourth-order valence-corrected chi connectivity index (χ4v) is 0.993. The van der Waals surface area contributed by atoms with Crippen LogP contribution in [0.1, 0.15) is 12.5 Å². The number of aliphatic hydroxyl groups excluding tert-OH is 2. The highest BCUT2D eigenvalue weighted by atomic mass is 19.1. The van der Waals surface area contributed by atoms with Crippen LogP contribution in [0, 0.1) is 5.82 Å². The van der Waals surface area contributed by atoms with Crippen molar-refractivity contribution in [3.05, 3.63) is 29.6 Å². The Morgan fingerprint density at radius 3 is 2.56 bits per heavy atom. The monoisotopic (exact) mass is 227 g/mol. The lowest BCUT2D eigenvalue weighted by Gasteiger charge is -2.18. The average molecular weight is 227 g/mol. The quantitative estimate of drug-likeness (QED) is 0.663. The predicted molar refractivity (Wildman–Crippen MR) is 58.2 cm³/mol. The van der Waals surface area contributed by atoms with Crippen LogP contribution < -0.4 is 0 Å². The molecule has 0 saturated heterocycles. The fraction of sp³-hybridized carbons (Fsp3) is 0.364. The van der Waals surface area contributed by atoms with Gasteiger partial charge in [0.2, 0.25) is 0 Å². The van der Waals surface area contributed by atoms with Crippen molar-refractivity contribution in [1.82, 2.24) is 0 Å². The van der Waals surface area contributed by atoms with Crippen LogP contribution in [0.4, 0.5) is 4.39 Å². The maximum Gasteiger partial charge on any atom is 0.165 e. The normalized spacial score (nSPS) is 12.2. The van der Waals surface area contributed by atoms with E-state index in [4.69, 9.17) is 10.2 Å². The zero-order chi connectivity index (χ0) is 12.2. The Labute approximate surface area is 92.7 Å². The van der Waals surface area contributed by atoms with E-state index >= 15 is 0 Å². The molecule has 0 amide bonds. The molecular formula is C11H14FNO3. The molecule has 1 aromatic rings. The van der Waals surface area contributed by atoms with Gasteiger partial charge in [0.05, 0.1) is 13.2 Å². The van der Waals surface area contributed by atoms with Crippen LogP contribution in [0.5, 0.6) is 5.75 Å². The van der Waals surface area contributed by atoms with E-state index in [1.165, 1.54) is 18.3 Å². The molecule has 1 aromatic carbocycles. The summed E-state index contributed by atoms with van der Waals surface area (Å²) in [6.45, 7) is 0.867. The summed E-state index contributed by atoms with van der Waals surface area (Å²) in [4.78, 5) is 3.91. The molecule has 0 spiro atoms. The van der Waals surface area contributed by atoms with Crippen LogP contribution in [0.3, 0.4) is 0 Å². The van der Waals surface area contributed by atoms with Gasteiger partial charge >= 0.3 is 0 Å². The predicted octanol–water partition coefficient (Wildman–Crippen LogP) is 0.693. The second-order valence-electron chi connectivity index (χ2n) is 3.75. The molecule has 88 valence electrons. The van der Waals surface area contributed by atoms with Crippen molar-refractivity contribution in [1.29, 1.82) is 0 Å². The van der Waals surface area contributed by atoms with Crippen molar-refractivity contribution < 1.29 is 19.7 Å². The Morgan fingerprint density at radius 1 is 1.38 bits per heavy atom. The van der Waals surface area contributed by atoms with E-state index in [2.05, 4.69) is 4.99 Å². The van der Waals surface area contributed by atoms with Crippen LogP contribution in [0.15, 0.2) is 23.2 Å². The SMILES string of the molecule is CC(CO)(CO)N=Cc1cccc(F)c1O. The van der Waals surface area contributed by atoms with Crippen molar-refractivity contribution in [2.45, 2.75) is 12.5 Å². The van der Waals surface area contributed by atoms with Gasteiger partial charge in [-0.1, -0.05) is 6.07 Å². The van der Waals surface area contributed by atoms with Gasteiger partial charge in [-0.15, -0.1) is 0 Å². The Hall–Kier alpha value is -1.46. The summed E-state index contributed by atoms with van der Waals surface area (Å²) in [7, 11) is 0. The van der Waals surface area contributed by atoms with Crippen molar-refractivity contribution >= 4 is 6.21 Å². The van der Waals surface area contributed by atoms with Crippen LogP contribution in [0.25, 0.3) is 0 Å². The molecule has 0 bridgehead atoms. The summed E-state index contributed by atoms with van der Waals surface area (Å²) in [5.41, 5.74) is -0.827. The second kappa shape index (κ2) is 5.05. The lowest BCUT2D eigenvalue weighted by atomic mass is 10.1. The van der Waals surface area contributed by atoms with Gasteiger partial charge < -0.3 is 15.3 Å². The number of rotatable bonds is 4. The standard InChI is InChI=1S/C11H14FNO3/c1-11(6-14,7-15)13-5-8-3-2-4-9(12)10(8)16/h2-5,14-16H,6-7H2,1H3. The highest BCUT2D eigenvalue weighted by Crippen LogP contribution is 2.19. The topological polar surface area (TPSA) is 73.0 Å². The van der Waals surface area contributed by atoms with Gasteiger partial charge in [0, 0.05) is 11.8 Å². The molecule has 0 unspecified atom stereocenters. The molecule has 0 aliphatic rings. The third-order valence-electron chi connectivity index (χ3n) is 2.21. The first-order valence-electron chi connectivity index (χ1n) is 4.77. The number of benzene rings is 1. The van der Waals surface area contributed by atoms with Crippen LogP contribution in [0.2, 0.25) is 0 Å². The van der Waals surface area contributed by atoms with Crippen LogP contribution in [-0.2, 0) is 0 Å². The van der Waals surface area contributed by atoms with E-state index in [-0.39, 0.29) is 18.8 Å². The van der Waals surface area contributed by atoms with Gasteiger partial charge in [0.25, 0.3) is 0 Å². The van der Waals surface area contributed by atoms with Crippen molar-refractivity contribution in [3.8, 4) is 5.75 Å². The molecule has 0 saturated carbocycles. The molecule has 0 aliphatic carbocycles. The Bertz CT molecular complexity index is 389. The summed E-state index contributed by atoms with van der Waals surface area (Å²) >= 11 is 0. The summed E-state index contributed by atoms with van der Waals surface area (Å²) < 4.78 is 13.0. The first-order chi connectivity index (χ1) is 7.52. The summed E-state index contributed by atoms with van der Waals surface area (Å²) in [6.07, 6.45) is 1.23. The number of phenolic OH excluding ortho intramolecular Hbond substituents is 1. The molecule has 0 fully saturated rings. The molecule has 0 atom stereocenters. The number of phenols is 1. The van der Waals surface area contributed by atoms with E-state index < -0.39 is 17.1 Å². The number of hydrogen-bond acceptors (Lipinski definition) is 4. The largest absolute Gasteiger partial charge is 0.504 e. The number of aromatic hydroxyl groups is 1. The Morgan fingerprint density at radius 2 is 2.00 bits per heavy atom. The third kappa shape index (κ3) is 2.77. The maximum absolute atomic E-state index is 13.0. The van der Waals surface area contributed by atoms with Gasteiger partial charge in [-0.2, -0.15) is 0 Å². The van der Waals surface area contributed by atoms with E-state index in [0.717, 1.165) is 6.07 Å². The minimum Gasteiger partial charge on any atom is -0.504 e. The number of halogens is 1. The lowest BCUT2D eigenvalue weighted by molar-refractivity contribution is 0.136. The summed E-state index contributed by atoms with van der Waals surface area (Å²) in [5.74, 6) is -1.23. The molecule has 0 radical (unpaired) electrons. The van der Waals surface area contributed by atoms with Crippen molar-refractivity contribution in [3.63, 3.8) is 0 Å². The fourth-order valence-electron chi connectivity index (χ4n) is 0.993.